The second-order valence-electron chi connectivity index (χ2n) is 10.1. The molecule has 2 aromatic rings. The molecule has 1 unspecified atom stereocenters. The van der Waals surface area contributed by atoms with Gasteiger partial charge in [0.05, 0.1) is 4.90 Å². The molecule has 0 heterocycles. The molecule has 7 nitrogen and oxygen atoms in total. The lowest BCUT2D eigenvalue weighted by Crippen LogP contribution is -2.40. The zero-order valence-electron chi connectivity index (χ0n) is 23.2. The molecule has 212 valence electrons. The number of nitrogens with one attached hydrogen (secondary N) is 1. The van der Waals surface area contributed by atoms with Crippen molar-refractivity contribution in [2.45, 2.75) is 108 Å². The Morgan fingerprint density at radius 2 is 1.45 bits per heavy atom. The number of carbonyl (C=O) groups excluding carboxylic acids is 1. The van der Waals surface area contributed by atoms with Crippen molar-refractivity contribution in [3.05, 3.63) is 42.5 Å². The van der Waals surface area contributed by atoms with Crippen LogP contribution in [0.5, 0.6) is 0 Å². The molecule has 0 bridgehead atoms. The molecule has 0 saturated carbocycles. The summed E-state index contributed by atoms with van der Waals surface area (Å²) < 4.78 is 28.4. The predicted molar refractivity (Wildman–Crippen MR) is 154 cm³/mol. The number of carbonyl (C=O) groups is 2. The van der Waals surface area contributed by atoms with Crippen molar-refractivity contribution in [2.24, 2.45) is 0 Å². The van der Waals surface area contributed by atoms with Crippen LogP contribution in [0.4, 0.5) is 0 Å². The second kappa shape index (κ2) is 17.2. The molecule has 0 saturated heterocycles. The van der Waals surface area contributed by atoms with E-state index in [1.165, 1.54) is 30.0 Å². The topological polar surface area (TPSA) is 104 Å². The summed E-state index contributed by atoms with van der Waals surface area (Å²) in [6.07, 6.45) is 11.0. The van der Waals surface area contributed by atoms with Crippen LogP contribution in [0.3, 0.4) is 0 Å². The van der Waals surface area contributed by atoms with Gasteiger partial charge in [-0.15, -0.1) is 0 Å². The molecule has 0 radical (unpaired) electrons. The van der Waals surface area contributed by atoms with Gasteiger partial charge in [-0.2, -0.15) is 4.31 Å². The van der Waals surface area contributed by atoms with Crippen LogP contribution < -0.4 is 5.32 Å². The Kier molecular flexibility index (Phi) is 14.4. The van der Waals surface area contributed by atoms with E-state index in [1.807, 2.05) is 37.3 Å². The third-order valence-corrected chi connectivity index (χ3v) is 8.81. The van der Waals surface area contributed by atoms with Gasteiger partial charge in [0.1, 0.15) is 6.04 Å². The van der Waals surface area contributed by atoms with Crippen molar-refractivity contribution >= 4 is 32.7 Å². The number of hydrogen-bond acceptors (Lipinski definition) is 4. The van der Waals surface area contributed by atoms with E-state index in [9.17, 15) is 23.1 Å². The Morgan fingerprint density at radius 1 is 0.816 bits per heavy atom. The average Bonchev–Trinajstić information content (AvgIpc) is 2.90. The minimum atomic E-state index is -3.67. The molecule has 0 spiro atoms. The predicted octanol–water partition coefficient (Wildman–Crippen LogP) is 6.51. The maximum absolute atomic E-state index is 13.4. The van der Waals surface area contributed by atoms with Crippen LogP contribution in [-0.4, -0.2) is 48.8 Å². The zero-order valence-corrected chi connectivity index (χ0v) is 24.0. The largest absolute Gasteiger partial charge is 0.480 e. The van der Waals surface area contributed by atoms with Crippen molar-refractivity contribution < 1.29 is 23.1 Å². The highest BCUT2D eigenvalue weighted by Crippen LogP contribution is 2.23. The fraction of sp³-hybridized carbons (Fsp3) is 0.600. The van der Waals surface area contributed by atoms with E-state index in [0.717, 1.165) is 42.9 Å². The highest BCUT2D eigenvalue weighted by atomic mass is 32.2. The first-order valence-electron chi connectivity index (χ1n) is 14.3. The van der Waals surface area contributed by atoms with Crippen LogP contribution in [0.1, 0.15) is 97.3 Å². The number of nitrogens with zero attached hydrogens (tertiary/aromatic N) is 1. The summed E-state index contributed by atoms with van der Waals surface area (Å²) in [5.41, 5.74) is 0. The van der Waals surface area contributed by atoms with Gasteiger partial charge in [0.25, 0.3) is 0 Å². The van der Waals surface area contributed by atoms with Crippen molar-refractivity contribution in [1.82, 2.24) is 9.62 Å². The summed E-state index contributed by atoms with van der Waals surface area (Å²) in [5, 5.41) is 14.1. The zero-order chi connectivity index (χ0) is 27.8. The highest BCUT2D eigenvalue weighted by Gasteiger charge is 2.25. The Labute approximate surface area is 229 Å². The molecule has 0 aliphatic heterocycles. The van der Waals surface area contributed by atoms with Gasteiger partial charge in [-0.25, -0.2) is 13.2 Å². The molecular weight excluding hydrogens is 500 g/mol. The summed E-state index contributed by atoms with van der Waals surface area (Å²) in [6, 6.07) is 11.9. The van der Waals surface area contributed by atoms with Crippen molar-refractivity contribution in [1.29, 1.82) is 0 Å². The van der Waals surface area contributed by atoms with Gasteiger partial charge in [0.2, 0.25) is 15.9 Å². The van der Waals surface area contributed by atoms with Gasteiger partial charge >= 0.3 is 5.97 Å². The van der Waals surface area contributed by atoms with Crippen LogP contribution in [0, 0.1) is 0 Å². The number of unbranched alkanes of at least 4 members (excludes halogenated alkanes) is 8. The van der Waals surface area contributed by atoms with Crippen LogP contribution >= 0.6 is 0 Å². The molecule has 38 heavy (non-hydrogen) atoms. The van der Waals surface area contributed by atoms with E-state index in [4.69, 9.17) is 0 Å². The normalized spacial score (nSPS) is 12.6. The summed E-state index contributed by atoms with van der Waals surface area (Å²) in [5.74, 6) is -1.28. The SMILES string of the molecule is CCCCCCCCCC(=O)NC(CCCCN(CCCC)S(=O)(=O)c1ccc2ccccc2c1)C(=O)O. The van der Waals surface area contributed by atoms with E-state index in [-0.39, 0.29) is 17.2 Å². The monoisotopic (exact) mass is 546 g/mol. The number of amides is 1. The Balaban J connectivity index is 1.86. The first-order chi connectivity index (χ1) is 18.3. The van der Waals surface area contributed by atoms with Crippen LogP contribution in [0.2, 0.25) is 0 Å². The number of carboxylic acids is 1. The molecule has 1 atom stereocenters. The van der Waals surface area contributed by atoms with E-state index in [2.05, 4.69) is 12.2 Å². The molecular formula is C30H46N2O5S. The van der Waals surface area contributed by atoms with Crippen LogP contribution in [0.25, 0.3) is 10.8 Å². The third kappa shape index (κ3) is 10.7. The number of carboxylic acid groups (broad SMARTS) is 1. The number of fused-ring (bicyclic) bond motifs is 1. The molecule has 2 rings (SSSR count). The maximum Gasteiger partial charge on any atom is 0.326 e. The van der Waals surface area contributed by atoms with E-state index >= 15 is 0 Å². The van der Waals surface area contributed by atoms with Crippen molar-refractivity contribution in [3.63, 3.8) is 0 Å². The lowest BCUT2D eigenvalue weighted by atomic mass is 10.1. The molecule has 2 N–H and O–H groups in total. The molecule has 8 heteroatoms. The lowest BCUT2D eigenvalue weighted by Gasteiger charge is -2.23. The maximum atomic E-state index is 13.4. The number of benzene rings is 2. The summed E-state index contributed by atoms with van der Waals surface area (Å²) in [7, 11) is -3.67. The van der Waals surface area contributed by atoms with E-state index < -0.39 is 22.0 Å². The quantitative estimate of drug-likeness (QED) is 0.184. The molecule has 1 amide bonds. The standard InChI is InChI=1S/C30H46N2O5S/c1-3-5-7-8-9-10-11-19-29(33)31-28(30(34)35)18-14-15-23-32(22-6-4-2)38(36,37)27-21-20-25-16-12-13-17-26(25)24-27/h12-13,16-17,20-21,24,28H,3-11,14-15,18-19,22-23H2,1-2H3,(H,31,33)(H,34,35). The fourth-order valence-electron chi connectivity index (χ4n) is 4.57. The van der Waals surface area contributed by atoms with E-state index in [0.29, 0.717) is 32.4 Å². The lowest BCUT2D eigenvalue weighted by molar-refractivity contribution is -0.142. The first-order valence-corrected chi connectivity index (χ1v) is 15.7. The second-order valence-corrected chi connectivity index (χ2v) is 12.0. The number of sulfonamides is 1. The minimum Gasteiger partial charge on any atom is -0.480 e. The van der Waals surface area contributed by atoms with Gasteiger partial charge in [-0.05, 0) is 55.0 Å². The Morgan fingerprint density at radius 3 is 2.13 bits per heavy atom. The van der Waals surface area contributed by atoms with Gasteiger partial charge in [-0.1, -0.05) is 89.1 Å². The van der Waals surface area contributed by atoms with E-state index in [1.54, 1.807) is 12.1 Å². The Bertz CT molecular complexity index is 1100. The van der Waals surface area contributed by atoms with Gasteiger partial charge in [0.15, 0.2) is 0 Å². The van der Waals surface area contributed by atoms with Gasteiger partial charge in [0, 0.05) is 19.5 Å². The summed E-state index contributed by atoms with van der Waals surface area (Å²) >= 11 is 0. The van der Waals surface area contributed by atoms with Crippen molar-refractivity contribution in [3.8, 4) is 0 Å². The fourth-order valence-corrected chi connectivity index (χ4v) is 6.12. The minimum absolute atomic E-state index is 0.227. The van der Waals surface area contributed by atoms with Crippen LogP contribution in [-0.2, 0) is 19.6 Å². The number of aliphatic carboxylic acids is 1. The average molecular weight is 547 g/mol. The molecule has 0 aromatic heterocycles. The molecule has 0 aliphatic carbocycles. The van der Waals surface area contributed by atoms with Gasteiger partial charge < -0.3 is 10.4 Å². The summed E-state index contributed by atoms with van der Waals surface area (Å²) in [6.45, 7) is 4.93. The van der Waals surface area contributed by atoms with Gasteiger partial charge in [-0.3, -0.25) is 4.79 Å². The number of hydrogen-bond donors (Lipinski definition) is 2. The smallest absolute Gasteiger partial charge is 0.326 e. The molecule has 2 aromatic carbocycles. The first kappa shape index (κ1) is 31.8. The highest BCUT2D eigenvalue weighted by molar-refractivity contribution is 7.89. The third-order valence-electron chi connectivity index (χ3n) is 6.91. The van der Waals surface area contributed by atoms with Crippen LogP contribution in [0.15, 0.2) is 47.4 Å². The van der Waals surface area contributed by atoms with Crippen molar-refractivity contribution in [2.75, 3.05) is 13.1 Å². The summed E-state index contributed by atoms with van der Waals surface area (Å²) in [4.78, 5) is 24.3. The number of rotatable bonds is 20. The molecule has 0 fully saturated rings. The Hall–Kier alpha value is -2.45. The molecule has 0 aliphatic rings.